The van der Waals surface area contributed by atoms with Gasteiger partial charge in [-0.3, -0.25) is 5.41 Å². The Morgan fingerprint density at radius 1 is 0.963 bits per heavy atom. The van der Waals surface area contributed by atoms with Gasteiger partial charge in [-0.15, -0.1) is 0 Å². The highest BCUT2D eigenvalue weighted by Crippen LogP contribution is 2.27. The van der Waals surface area contributed by atoms with Crippen molar-refractivity contribution in [3.8, 4) is 0 Å². The quantitative estimate of drug-likeness (QED) is 0.349. The van der Waals surface area contributed by atoms with Gasteiger partial charge in [0.2, 0.25) is 0 Å². The number of carbonyl (C=O) groups excluding carboxylic acids is 1. The van der Waals surface area contributed by atoms with Crippen LogP contribution >= 0.6 is 0 Å². The van der Waals surface area contributed by atoms with Gasteiger partial charge in [0.25, 0.3) is 0 Å². The molecule has 0 amide bonds. The number of nitrogens with one attached hydrogen (secondary N) is 1. The minimum absolute atomic E-state index is 0.196. The van der Waals surface area contributed by atoms with E-state index in [0.717, 1.165) is 36.8 Å². The lowest BCUT2D eigenvalue weighted by Gasteiger charge is -2.20. The second kappa shape index (κ2) is 8.76. The minimum Gasteiger partial charge on any atom is -0.364 e. The summed E-state index contributed by atoms with van der Waals surface area (Å²) in [4.78, 5) is 17.8. The molecule has 27 heavy (non-hydrogen) atoms. The Hall–Kier alpha value is -2.75. The number of ketones is 1. The van der Waals surface area contributed by atoms with Gasteiger partial charge in [0, 0.05) is 37.2 Å². The number of amidine groups is 1. The van der Waals surface area contributed by atoms with Crippen molar-refractivity contribution in [2.75, 3.05) is 13.6 Å². The second-order valence-electron chi connectivity index (χ2n) is 7.15. The molecule has 1 N–H and O–H groups in total. The molecule has 0 aliphatic carbocycles. The van der Waals surface area contributed by atoms with Gasteiger partial charge in [-0.05, 0) is 43.9 Å². The molecule has 4 nitrogen and oxygen atoms in total. The van der Waals surface area contributed by atoms with Gasteiger partial charge >= 0.3 is 0 Å². The first-order valence-electron chi connectivity index (χ1n) is 9.60. The first kappa shape index (κ1) is 19.0. The fourth-order valence-electron chi connectivity index (χ4n) is 3.52. The number of para-hydroxylation sites is 2. The summed E-state index contributed by atoms with van der Waals surface area (Å²) in [7, 11) is 1.97. The third kappa shape index (κ3) is 4.70. The Kier molecular flexibility index (Phi) is 6.17. The molecule has 3 aromatic rings. The van der Waals surface area contributed by atoms with E-state index in [-0.39, 0.29) is 5.78 Å². The monoisotopic (exact) mass is 361 g/mol. The van der Waals surface area contributed by atoms with Crippen molar-refractivity contribution >= 4 is 33.4 Å². The number of hydrogen-bond acceptors (Lipinski definition) is 3. The van der Waals surface area contributed by atoms with Gasteiger partial charge in [0.1, 0.15) is 5.78 Å². The Balaban J connectivity index is 1.69. The fraction of sp³-hybridized carbons (Fsp3) is 0.348. The summed E-state index contributed by atoms with van der Waals surface area (Å²) in [5.41, 5.74) is 3.42. The van der Waals surface area contributed by atoms with Gasteiger partial charge in [-0.25, -0.2) is 4.98 Å². The lowest BCUT2D eigenvalue weighted by atomic mass is 9.98. The molecule has 0 saturated carbocycles. The first-order chi connectivity index (χ1) is 13.1. The Morgan fingerprint density at radius 2 is 1.56 bits per heavy atom. The van der Waals surface area contributed by atoms with E-state index >= 15 is 0 Å². The molecule has 1 heterocycles. The van der Waals surface area contributed by atoms with E-state index in [1.807, 2.05) is 24.1 Å². The third-order valence-electron chi connectivity index (χ3n) is 5.02. The number of aryl methyl sites for hydroxylation is 1. The molecule has 4 heteroatoms. The molecule has 0 bridgehead atoms. The lowest BCUT2D eigenvalue weighted by molar-refractivity contribution is -0.117. The van der Waals surface area contributed by atoms with E-state index in [0.29, 0.717) is 18.7 Å². The van der Waals surface area contributed by atoms with Crippen molar-refractivity contribution in [1.29, 1.82) is 5.41 Å². The molecule has 0 spiro atoms. The molecule has 140 valence electrons. The van der Waals surface area contributed by atoms with Crippen LogP contribution in [0.1, 0.15) is 38.2 Å². The summed E-state index contributed by atoms with van der Waals surface area (Å²) in [6.07, 6.45) is 3.92. The number of aromatic nitrogens is 1. The molecule has 1 aromatic heterocycles. The number of carbonyl (C=O) groups is 1. The van der Waals surface area contributed by atoms with Gasteiger partial charge < -0.3 is 9.69 Å². The molecular weight excluding hydrogens is 334 g/mol. The summed E-state index contributed by atoms with van der Waals surface area (Å²) in [5, 5.41) is 10.6. The predicted molar refractivity (Wildman–Crippen MR) is 112 cm³/mol. The smallest absolute Gasteiger partial charge is 0.129 e. The third-order valence-corrected chi connectivity index (χ3v) is 5.02. The van der Waals surface area contributed by atoms with E-state index in [2.05, 4.69) is 36.4 Å². The van der Waals surface area contributed by atoms with Crippen LogP contribution in [0.4, 0.5) is 0 Å². The van der Waals surface area contributed by atoms with Crippen LogP contribution in [0, 0.1) is 5.41 Å². The summed E-state index contributed by atoms with van der Waals surface area (Å²) >= 11 is 0. The number of nitrogens with zero attached hydrogens (tertiary/aromatic N) is 2. The van der Waals surface area contributed by atoms with Crippen molar-refractivity contribution in [3.63, 3.8) is 0 Å². The maximum absolute atomic E-state index is 11.0. The van der Waals surface area contributed by atoms with Crippen LogP contribution < -0.4 is 0 Å². The Labute approximate surface area is 160 Å². The zero-order chi connectivity index (χ0) is 19.2. The van der Waals surface area contributed by atoms with Crippen LogP contribution in [0.3, 0.4) is 0 Å². The molecule has 0 aliphatic heterocycles. The van der Waals surface area contributed by atoms with Gasteiger partial charge in [-0.1, -0.05) is 36.4 Å². The van der Waals surface area contributed by atoms with Crippen LogP contribution in [0.25, 0.3) is 21.8 Å². The summed E-state index contributed by atoms with van der Waals surface area (Å²) in [6.45, 7) is 2.45. The molecule has 0 unspecified atom stereocenters. The zero-order valence-corrected chi connectivity index (χ0v) is 16.2. The van der Waals surface area contributed by atoms with E-state index in [4.69, 9.17) is 10.4 Å². The Morgan fingerprint density at radius 3 is 2.15 bits per heavy atom. The average molecular weight is 361 g/mol. The van der Waals surface area contributed by atoms with Crippen molar-refractivity contribution in [3.05, 3.63) is 54.1 Å². The zero-order valence-electron chi connectivity index (χ0n) is 16.2. The highest BCUT2D eigenvalue weighted by atomic mass is 16.1. The van der Waals surface area contributed by atoms with E-state index in [1.165, 1.54) is 16.3 Å². The van der Waals surface area contributed by atoms with Crippen LogP contribution in [-0.2, 0) is 11.2 Å². The average Bonchev–Trinajstić information content (AvgIpc) is 2.66. The van der Waals surface area contributed by atoms with Crippen LogP contribution in [0.15, 0.2) is 48.5 Å². The normalized spacial score (nSPS) is 11.0. The fourth-order valence-corrected chi connectivity index (χ4v) is 3.52. The molecule has 0 radical (unpaired) electrons. The number of benzene rings is 2. The van der Waals surface area contributed by atoms with Crippen molar-refractivity contribution in [2.24, 2.45) is 0 Å². The van der Waals surface area contributed by atoms with E-state index in [9.17, 15) is 4.79 Å². The van der Waals surface area contributed by atoms with Crippen molar-refractivity contribution in [2.45, 2.75) is 39.0 Å². The molecular formula is C23H27N3O. The summed E-state index contributed by atoms with van der Waals surface area (Å²) < 4.78 is 0. The SMILES string of the molecule is CC(=O)CCCC(=N)N(C)CCCc1c2ccccc2nc2ccccc12. The molecule has 0 fully saturated rings. The summed E-state index contributed by atoms with van der Waals surface area (Å²) in [6, 6.07) is 16.6. The van der Waals surface area contributed by atoms with Gasteiger partial charge in [0.05, 0.1) is 16.9 Å². The maximum Gasteiger partial charge on any atom is 0.129 e. The molecule has 3 rings (SSSR count). The number of fused-ring (bicyclic) bond motifs is 2. The van der Waals surface area contributed by atoms with Gasteiger partial charge in [-0.2, -0.15) is 0 Å². The van der Waals surface area contributed by atoms with E-state index < -0.39 is 0 Å². The topological polar surface area (TPSA) is 57.1 Å². The molecule has 0 atom stereocenters. The molecule has 0 saturated heterocycles. The number of pyridine rings is 1. The van der Waals surface area contributed by atoms with Crippen molar-refractivity contribution < 1.29 is 4.79 Å². The van der Waals surface area contributed by atoms with Gasteiger partial charge in [0.15, 0.2) is 0 Å². The number of Topliss-reactive ketones (excluding diaryl/α,β-unsaturated/α-hetero) is 1. The summed E-state index contributed by atoms with van der Waals surface area (Å²) in [5.74, 6) is 0.808. The molecule has 2 aromatic carbocycles. The minimum atomic E-state index is 0.196. The number of hydrogen-bond donors (Lipinski definition) is 1. The standard InChI is InChI=1S/C23H27N3O/c1-17(27)9-7-15-23(24)26(2)16-8-12-18-19-10-3-5-13-21(19)25-22-14-6-4-11-20(18)22/h3-6,10-11,13-14,24H,7-9,12,15-16H2,1-2H3. The van der Waals surface area contributed by atoms with Crippen LogP contribution in [-0.4, -0.2) is 35.1 Å². The largest absolute Gasteiger partial charge is 0.364 e. The highest BCUT2D eigenvalue weighted by Gasteiger charge is 2.10. The lowest BCUT2D eigenvalue weighted by Crippen LogP contribution is -2.27. The highest BCUT2D eigenvalue weighted by molar-refractivity contribution is 5.97. The van der Waals surface area contributed by atoms with E-state index in [1.54, 1.807) is 6.92 Å². The molecule has 0 aliphatic rings. The van der Waals surface area contributed by atoms with Crippen LogP contribution in [0.2, 0.25) is 0 Å². The Bertz CT molecular complexity index is 910. The van der Waals surface area contributed by atoms with Crippen LogP contribution in [0.5, 0.6) is 0 Å². The predicted octanol–water partition coefficient (Wildman–Crippen LogP) is 4.99. The van der Waals surface area contributed by atoms with Crippen molar-refractivity contribution in [1.82, 2.24) is 9.88 Å². The second-order valence-corrected chi connectivity index (χ2v) is 7.15. The first-order valence-corrected chi connectivity index (χ1v) is 9.60. The number of rotatable bonds is 8. The maximum atomic E-state index is 11.0.